The predicted octanol–water partition coefficient (Wildman–Crippen LogP) is 3.25. The molecule has 0 aromatic heterocycles. The molecule has 2 aromatic rings. The molecule has 1 N–H and O–H groups in total. The second kappa shape index (κ2) is 3.68. The third-order valence-corrected chi connectivity index (χ3v) is 3.27. The molecule has 0 saturated carbocycles. The van der Waals surface area contributed by atoms with Gasteiger partial charge in [0.2, 0.25) is 0 Å². The predicted molar refractivity (Wildman–Crippen MR) is 67.3 cm³/mol. The minimum Gasteiger partial charge on any atom is -0.478 e. The summed E-state index contributed by atoms with van der Waals surface area (Å²) in [5, 5.41) is 9.64. The van der Waals surface area contributed by atoms with Crippen LogP contribution in [-0.4, -0.2) is 16.9 Å². The van der Waals surface area contributed by atoms with Crippen molar-refractivity contribution in [1.82, 2.24) is 0 Å². The molecule has 0 radical (unpaired) electrons. The summed E-state index contributed by atoms with van der Waals surface area (Å²) in [5.74, 6) is -1.21. The Balaban J connectivity index is 2.39. The van der Waals surface area contributed by atoms with E-state index in [0.717, 1.165) is 0 Å². The molecule has 3 rings (SSSR count). The van der Waals surface area contributed by atoms with Crippen LogP contribution < -0.4 is 0 Å². The van der Waals surface area contributed by atoms with Gasteiger partial charge in [-0.05, 0) is 23.8 Å². The van der Waals surface area contributed by atoms with Crippen LogP contribution in [0.5, 0.6) is 0 Å². The molecule has 4 heteroatoms. The number of carboxylic acids is 1. The standard InChI is InChI=1S/C14H7ClO3/c15-7-4-5-8-11(6-7)13(16)9-2-1-3-10(12(8)9)14(17)18/h1-6H,(H,17,18). The number of hydrogen-bond acceptors (Lipinski definition) is 2. The fraction of sp³-hybridized carbons (Fsp3) is 0. The second-order valence-corrected chi connectivity index (χ2v) is 4.49. The molecule has 0 aliphatic heterocycles. The molecule has 0 bridgehead atoms. The first-order valence-corrected chi connectivity index (χ1v) is 5.68. The highest BCUT2D eigenvalue weighted by Crippen LogP contribution is 2.39. The molecule has 18 heavy (non-hydrogen) atoms. The molecular weight excluding hydrogens is 252 g/mol. The lowest BCUT2D eigenvalue weighted by Crippen LogP contribution is -2.00. The van der Waals surface area contributed by atoms with Crippen molar-refractivity contribution >= 4 is 23.4 Å². The van der Waals surface area contributed by atoms with Gasteiger partial charge in [0.25, 0.3) is 0 Å². The van der Waals surface area contributed by atoms with Gasteiger partial charge in [-0.25, -0.2) is 4.79 Å². The van der Waals surface area contributed by atoms with E-state index in [0.29, 0.717) is 27.3 Å². The Morgan fingerprint density at radius 2 is 1.83 bits per heavy atom. The Morgan fingerprint density at radius 3 is 2.56 bits per heavy atom. The fourth-order valence-electron chi connectivity index (χ4n) is 2.28. The molecule has 0 heterocycles. The van der Waals surface area contributed by atoms with Crippen LogP contribution in [0.15, 0.2) is 36.4 Å². The first-order valence-electron chi connectivity index (χ1n) is 5.30. The van der Waals surface area contributed by atoms with Gasteiger partial charge in [0, 0.05) is 21.7 Å². The molecule has 0 unspecified atom stereocenters. The van der Waals surface area contributed by atoms with Gasteiger partial charge in [-0.3, -0.25) is 4.79 Å². The lowest BCUT2D eigenvalue weighted by molar-refractivity contribution is 0.0697. The van der Waals surface area contributed by atoms with Crippen molar-refractivity contribution in [2.24, 2.45) is 0 Å². The normalized spacial score (nSPS) is 12.2. The van der Waals surface area contributed by atoms with Gasteiger partial charge < -0.3 is 5.11 Å². The maximum absolute atomic E-state index is 12.2. The summed E-state index contributed by atoms with van der Waals surface area (Å²) >= 11 is 5.87. The van der Waals surface area contributed by atoms with Crippen molar-refractivity contribution in [3.63, 3.8) is 0 Å². The van der Waals surface area contributed by atoms with E-state index in [1.807, 2.05) is 0 Å². The molecule has 0 saturated heterocycles. The van der Waals surface area contributed by atoms with Gasteiger partial charge in [-0.15, -0.1) is 0 Å². The van der Waals surface area contributed by atoms with Crippen molar-refractivity contribution in [2.75, 3.05) is 0 Å². The number of benzene rings is 2. The smallest absolute Gasteiger partial charge is 0.336 e. The number of aromatic carboxylic acids is 1. The van der Waals surface area contributed by atoms with E-state index in [1.165, 1.54) is 6.07 Å². The zero-order valence-electron chi connectivity index (χ0n) is 9.11. The molecular formula is C14H7ClO3. The number of carboxylic acid groups (broad SMARTS) is 1. The quantitative estimate of drug-likeness (QED) is 0.729. The van der Waals surface area contributed by atoms with E-state index in [2.05, 4.69) is 0 Å². The van der Waals surface area contributed by atoms with Crippen LogP contribution in [0.25, 0.3) is 11.1 Å². The number of carbonyl (C=O) groups is 2. The maximum Gasteiger partial charge on any atom is 0.336 e. The molecule has 0 atom stereocenters. The van der Waals surface area contributed by atoms with Gasteiger partial charge in [0.1, 0.15) is 0 Å². The summed E-state index contributed by atoms with van der Waals surface area (Å²) in [6.45, 7) is 0. The lowest BCUT2D eigenvalue weighted by atomic mass is 10.00. The van der Waals surface area contributed by atoms with Gasteiger partial charge in [-0.1, -0.05) is 29.8 Å². The van der Waals surface area contributed by atoms with Gasteiger partial charge in [0.05, 0.1) is 5.56 Å². The van der Waals surface area contributed by atoms with Crippen LogP contribution >= 0.6 is 11.6 Å². The number of rotatable bonds is 1. The topological polar surface area (TPSA) is 54.4 Å². The van der Waals surface area contributed by atoms with Crippen molar-refractivity contribution in [3.05, 3.63) is 58.1 Å². The van der Waals surface area contributed by atoms with Gasteiger partial charge in [0.15, 0.2) is 5.78 Å². The third-order valence-electron chi connectivity index (χ3n) is 3.04. The van der Waals surface area contributed by atoms with E-state index in [1.54, 1.807) is 30.3 Å². The van der Waals surface area contributed by atoms with Gasteiger partial charge >= 0.3 is 5.97 Å². The highest BCUT2D eigenvalue weighted by Gasteiger charge is 2.30. The second-order valence-electron chi connectivity index (χ2n) is 4.05. The molecule has 2 aromatic carbocycles. The molecule has 1 aliphatic carbocycles. The van der Waals surface area contributed by atoms with E-state index >= 15 is 0 Å². The van der Waals surface area contributed by atoms with Crippen LogP contribution in [0.2, 0.25) is 5.02 Å². The third kappa shape index (κ3) is 1.38. The summed E-state index contributed by atoms with van der Waals surface area (Å²) in [5.41, 5.74) is 2.15. The monoisotopic (exact) mass is 258 g/mol. The average molecular weight is 259 g/mol. The minimum absolute atomic E-state index is 0.141. The summed E-state index contributed by atoms with van der Waals surface area (Å²) in [6.07, 6.45) is 0. The van der Waals surface area contributed by atoms with Crippen molar-refractivity contribution < 1.29 is 14.7 Å². The van der Waals surface area contributed by atoms with E-state index in [9.17, 15) is 14.7 Å². The molecule has 0 amide bonds. The highest BCUT2D eigenvalue weighted by atomic mass is 35.5. The number of ketones is 1. The van der Waals surface area contributed by atoms with Crippen LogP contribution in [0.3, 0.4) is 0 Å². The minimum atomic E-state index is -1.04. The summed E-state index contributed by atoms with van der Waals surface area (Å²) in [4.78, 5) is 23.4. The van der Waals surface area contributed by atoms with E-state index < -0.39 is 5.97 Å². The number of carbonyl (C=O) groups excluding carboxylic acids is 1. The van der Waals surface area contributed by atoms with Crippen LogP contribution in [0.4, 0.5) is 0 Å². The highest BCUT2D eigenvalue weighted by molar-refractivity contribution is 6.32. The Labute approximate surface area is 108 Å². The van der Waals surface area contributed by atoms with Crippen molar-refractivity contribution in [1.29, 1.82) is 0 Å². The summed E-state index contributed by atoms with van der Waals surface area (Å²) < 4.78 is 0. The van der Waals surface area contributed by atoms with Crippen molar-refractivity contribution in [2.45, 2.75) is 0 Å². The Kier molecular flexibility index (Phi) is 2.25. The lowest BCUT2D eigenvalue weighted by Gasteiger charge is -2.04. The molecule has 1 aliphatic rings. The number of halogens is 1. The summed E-state index contributed by atoms with van der Waals surface area (Å²) in [6, 6.07) is 9.63. The first-order chi connectivity index (χ1) is 8.59. The van der Waals surface area contributed by atoms with Crippen LogP contribution in [0, 0.1) is 0 Å². The maximum atomic E-state index is 12.2. The first kappa shape index (κ1) is 11.0. The van der Waals surface area contributed by atoms with E-state index in [-0.39, 0.29) is 11.3 Å². The van der Waals surface area contributed by atoms with Crippen LogP contribution in [-0.2, 0) is 0 Å². The number of fused-ring (bicyclic) bond motifs is 3. The molecule has 0 spiro atoms. The fourth-order valence-corrected chi connectivity index (χ4v) is 2.45. The average Bonchev–Trinajstić information content (AvgIpc) is 2.63. The largest absolute Gasteiger partial charge is 0.478 e. The van der Waals surface area contributed by atoms with Crippen LogP contribution in [0.1, 0.15) is 26.3 Å². The van der Waals surface area contributed by atoms with E-state index in [4.69, 9.17) is 11.6 Å². The van der Waals surface area contributed by atoms with Crippen molar-refractivity contribution in [3.8, 4) is 11.1 Å². The van der Waals surface area contributed by atoms with Gasteiger partial charge in [-0.2, -0.15) is 0 Å². The Bertz CT molecular complexity index is 704. The zero-order chi connectivity index (χ0) is 12.9. The SMILES string of the molecule is O=C(O)c1cccc2c1-c1ccc(Cl)cc1C2=O. The number of hydrogen-bond donors (Lipinski definition) is 1. The Morgan fingerprint density at radius 1 is 1.06 bits per heavy atom. The molecule has 88 valence electrons. The Hall–Kier alpha value is -2.13. The summed E-state index contributed by atoms with van der Waals surface area (Å²) in [7, 11) is 0. The molecule has 0 fully saturated rings. The zero-order valence-corrected chi connectivity index (χ0v) is 9.86. The molecule has 3 nitrogen and oxygen atoms in total.